The van der Waals surface area contributed by atoms with Crippen molar-refractivity contribution in [3.63, 3.8) is 0 Å². The van der Waals surface area contributed by atoms with Crippen molar-refractivity contribution < 1.29 is 18.7 Å². The minimum Gasteiger partial charge on any atom is -0.496 e. The molecule has 44 heavy (non-hydrogen) atoms. The van der Waals surface area contributed by atoms with E-state index >= 15 is 0 Å². The van der Waals surface area contributed by atoms with Gasteiger partial charge in [-0.1, -0.05) is 86.9 Å². The van der Waals surface area contributed by atoms with Crippen LogP contribution in [0.1, 0.15) is 44.1 Å². The summed E-state index contributed by atoms with van der Waals surface area (Å²) in [7, 11) is 1.59. The fraction of sp³-hybridized carbons (Fsp3) is 0.206. The number of rotatable bonds is 8. The number of carbonyl (C=O) groups is 1. The van der Waals surface area contributed by atoms with E-state index in [2.05, 4.69) is 31.9 Å². The Hall–Kier alpha value is -3.73. The first-order chi connectivity index (χ1) is 21.3. The summed E-state index contributed by atoms with van der Waals surface area (Å²) in [6.07, 6.45) is 3.03. The van der Waals surface area contributed by atoms with E-state index < -0.39 is 12.0 Å². The van der Waals surface area contributed by atoms with Gasteiger partial charge in [-0.05, 0) is 60.5 Å². The minimum atomic E-state index is -0.806. The third-order valence-corrected chi connectivity index (χ3v) is 9.58. The van der Waals surface area contributed by atoms with Crippen molar-refractivity contribution in [2.45, 2.75) is 32.7 Å². The van der Waals surface area contributed by atoms with E-state index in [9.17, 15) is 9.59 Å². The lowest BCUT2D eigenvalue weighted by Gasteiger charge is -2.28. The first-order valence-corrected chi connectivity index (χ1v) is 16.6. The van der Waals surface area contributed by atoms with Gasteiger partial charge in [0.05, 0.1) is 29.5 Å². The highest BCUT2D eigenvalue weighted by molar-refractivity contribution is 9.11. The first kappa shape index (κ1) is 30.3. The molecule has 3 heterocycles. The lowest BCUT2D eigenvalue weighted by molar-refractivity contribution is -0.139. The normalized spacial score (nSPS) is 14.9. The number of halogens is 2. The average molecular weight is 736 g/mol. The van der Waals surface area contributed by atoms with Crippen molar-refractivity contribution in [1.82, 2.24) is 4.57 Å². The fourth-order valence-electron chi connectivity index (χ4n) is 5.52. The molecule has 1 atom stereocenters. The van der Waals surface area contributed by atoms with Crippen molar-refractivity contribution in [2.24, 2.45) is 4.99 Å². The Kier molecular flexibility index (Phi) is 8.75. The molecule has 1 aliphatic heterocycles. The van der Waals surface area contributed by atoms with E-state index in [0.29, 0.717) is 49.9 Å². The predicted octanol–water partition coefficient (Wildman–Crippen LogP) is 7.53. The molecular weight excluding hydrogens is 708 g/mol. The average Bonchev–Trinajstić information content (AvgIpc) is 3.61. The topological polar surface area (TPSA) is 83.0 Å². The molecule has 10 heteroatoms. The van der Waals surface area contributed by atoms with Gasteiger partial charge in [0.25, 0.3) is 5.56 Å². The molecule has 0 spiro atoms. The van der Waals surface area contributed by atoms with E-state index in [4.69, 9.17) is 18.9 Å². The van der Waals surface area contributed by atoms with E-state index in [-0.39, 0.29) is 12.2 Å². The van der Waals surface area contributed by atoms with Gasteiger partial charge in [0.15, 0.2) is 4.80 Å². The summed E-state index contributed by atoms with van der Waals surface area (Å²) in [6, 6.07) is 20.5. The number of carbonyl (C=O) groups excluding carboxylic acids is 1. The number of furan rings is 1. The third-order valence-electron chi connectivity index (χ3n) is 7.41. The molecular formula is C34H28Br2N2O5S. The van der Waals surface area contributed by atoms with Crippen LogP contribution in [0.4, 0.5) is 0 Å². The monoisotopic (exact) mass is 734 g/mol. The number of hydrogen-bond donors (Lipinski definition) is 0. The maximum absolute atomic E-state index is 14.3. The van der Waals surface area contributed by atoms with E-state index in [0.717, 1.165) is 31.7 Å². The Balaban J connectivity index is 1.60. The largest absolute Gasteiger partial charge is 0.496 e. The van der Waals surface area contributed by atoms with Gasteiger partial charge >= 0.3 is 5.97 Å². The van der Waals surface area contributed by atoms with Crippen LogP contribution >= 0.6 is 43.2 Å². The number of nitrogens with zero attached hydrogens (tertiary/aromatic N) is 2. The summed E-state index contributed by atoms with van der Waals surface area (Å²) in [4.78, 5) is 33.4. The van der Waals surface area contributed by atoms with Gasteiger partial charge in [0.2, 0.25) is 0 Å². The SMILES string of the molecule is CCCC1=C(C(=O)OCC)[C@H](c2c(OC)ccc3ccccc23)n2c(s/c(=C/c3ccc(-c4cc(Br)ccc4Br)o3)c2=O)=N1. The molecule has 0 N–H and O–H groups in total. The number of ether oxygens (including phenoxy) is 2. The fourth-order valence-corrected chi connectivity index (χ4v) is 7.32. The van der Waals surface area contributed by atoms with Crippen LogP contribution in [-0.4, -0.2) is 24.3 Å². The summed E-state index contributed by atoms with van der Waals surface area (Å²) in [5, 5.41) is 1.84. The molecule has 5 aromatic rings. The van der Waals surface area contributed by atoms with Crippen LogP contribution in [-0.2, 0) is 9.53 Å². The lowest BCUT2D eigenvalue weighted by Crippen LogP contribution is -2.40. The molecule has 0 saturated heterocycles. The number of hydrogen-bond acceptors (Lipinski definition) is 7. The van der Waals surface area contributed by atoms with Crippen LogP contribution in [0.15, 0.2) is 101 Å². The van der Waals surface area contributed by atoms with Gasteiger partial charge in [0, 0.05) is 26.1 Å². The molecule has 0 amide bonds. The van der Waals surface area contributed by atoms with Gasteiger partial charge in [-0.25, -0.2) is 9.79 Å². The summed E-state index contributed by atoms with van der Waals surface area (Å²) < 4.78 is 21.5. The van der Waals surface area contributed by atoms with Gasteiger partial charge in [-0.3, -0.25) is 9.36 Å². The molecule has 224 valence electrons. The highest BCUT2D eigenvalue weighted by atomic mass is 79.9. The summed E-state index contributed by atoms with van der Waals surface area (Å²) in [5.41, 5.74) is 2.27. The van der Waals surface area contributed by atoms with Crippen LogP contribution in [0.2, 0.25) is 0 Å². The Morgan fingerprint density at radius 3 is 2.68 bits per heavy atom. The van der Waals surface area contributed by atoms with Gasteiger partial charge < -0.3 is 13.9 Å². The Labute approximate surface area is 274 Å². The lowest BCUT2D eigenvalue weighted by atomic mass is 9.90. The predicted molar refractivity (Wildman–Crippen MR) is 180 cm³/mol. The molecule has 0 aliphatic carbocycles. The maximum atomic E-state index is 14.3. The minimum absolute atomic E-state index is 0.195. The van der Waals surface area contributed by atoms with Crippen LogP contribution in [0.25, 0.3) is 28.2 Å². The highest BCUT2D eigenvalue weighted by Gasteiger charge is 2.37. The van der Waals surface area contributed by atoms with E-state index in [1.807, 2.05) is 73.7 Å². The van der Waals surface area contributed by atoms with Gasteiger partial charge in [0.1, 0.15) is 23.3 Å². The second-order valence-corrected chi connectivity index (χ2v) is 12.9. The number of allylic oxidation sites excluding steroid dienone is 1. The van der Waals surface area contributed by atoms with E-state index in [1.165, 1.54) is 11.3 Å². The standard InChI is InChI=1S/C34H28Br2N2O5S/c1-4-8-25-30(33(40)42-5-2)31(29-22-10-7-6-9-19(22)11-15-27(29)41-3)38-32(39)28(44-34(38)37-25)18-21-13-16-26(43-21)23-17-20(35)12-14-24(23)36/h6-7,9-18,31H,4-5,8H2,1-3H3/b28-18+/t31-/m0/s1. The Morgan fingerprint density at radius 2 is 1.91 bits per heavy atom. The second-order valence-electron chi connectivity index (χ2n) is 10.1. The van der Waals surface area contributed by atoms with Crippen molar-refractivity contribution in [3.05, 3.63) is 118 Å². The van der Waals surface area contributed by atoms with Crippen LogP contribution in [0.3, 0.4) is 0 Å². The molecule has 1 aliphatic rings. The first-order valence-electron chi connectivity index (χ1n) is 14.2. The number of esters is 1. The summed E-state index contributed by atoms with van der Waals surface area (Å²) in [5.74, 6) is 1.25. The Bertz CT molecular complexity index is 2130. The number of methoxy groups -OCH3 is 1. The van der Waals surface area contributed by atoms with Crippen molar-refractivity contribution in [2.75, 3.05) is 13.7 Å². The molecule has 0 fully saturated rings. The zero-order chi connectivity index (χ0) is 31.0. The van der Waals surface area contributed by atoms with Crippen molar-refractivity contribution >= 4 is 66.0 Å². The molecule has 6 rings (SSSR count). The maximum Gasteiger partial charge on any atom is 0.338 e. The molecule has 7 nitrogen and oxygen atoms in total. The van der Waals surface area contributed by atoms with E-state index in [1.54, 1.807) is 24.7 Å². The Morgan fingerprint density at radius 1 is 1.09 bits per heavy atom. The van der Waals surface area contributed by atoms with Crippen LogP contribution in [0, 0.1) is 0 Å². The number of thiazole rings is 1. The molecule has 0 bridgehead atoms. The number of aromatic nitrogens is 1. The number of benzene rings is 3. The second kappa shape index (κ2) is 12.7. The smallest absolute Gasteiger partial charge is 0.338 e. The van der Waals surface area contributed by atoms with Crippen molar-refractivity contribution in [3.8, 4) is 17.1 Å². The molecule has 3 aromatic carbocycles. The zero-order valence-electron chi connectivity index (χ0n) is 24.2. The van der Waals surface area contributed by atoms with Gasteiger partial charge in [-0.15, -0.1) is 0 Å². The van der Waals surface area contributed by atoms with Crippen LogP contribution in [0.5, 0.6) is 5.75 Å². The quantitative estimate of drug-likeness (QED) is 0.154. The molecule has 0 unspecified atom stereocenters. The molecule has 0 saturated carbocycles. The van der Waals surface area contributed by atoms with Crippen molar-refractivity contribution in [1.29, 1.82) is 0 Å². The van der Waals surface area contributed by atoms with Gasteiger partial charge in [-0.2, -0.15) is 0 Å². The van der Waals surface area contributed by atoms with Crippen LogP contribution < -0.4 is 19.6 Å². The summed E-state index contributed by atoms with van der Waals surface area (Å²) >= 11 is 8.37. The highest BCUT2D eigenvalue weighted by Crippen LogP contribution is 2.41. The summed E-state index contributed by atoms with van der Waals surface area (Å²) in [6.45, 7) is 4.00. The molecule has 0 radical (unpaired) electrons. The zero-order valence-corrected chi connectivity index (χ0v) is 28.2. The molecule has 2 aromatic heterocycles. The number of fused-ring (bicyclic) bond motifs is 2. The third kappa shape index (κ3) is 5.50.